The highest BCUT2D eigenvalue weighted by atomic mass is 35.5. The Labute approximate surface area is 128 Å². The highest BCUT2D eigenvalue weighted by molar-refractivity contribution is 6.30. The number of hydrogen-bond donors (Lipinski definition) is 2. The van der Waals surface area contributed by atoms with E-state index in [2.05, 4.69) is 0 Å². The van der Waals surface area contributed by atoms with Gasteiger partial charge in [0.15, 0.2) is 0 Å². The van der Waals surface area contributed by atoms with E-state index in [1.54, 1.807) is 36.4 Å². The van der Waals surface area contributed by atoms with E-state index in [-0.39, 0.29) is 12.5 Å². The molecular formula is C16H16Cl2O2. The van der Waals surface area contributed by atoms with Crippen LogP contribution in [0, 0.1) is 0 Å². The van der Waals surface area contributed by atoms with Crippen LogP contribution in [-0.4, -0.2) is 16.8 Å². The van der Waals surface area contributed by atoms with Crippen LogP contribution in [0.2, 0.25) is 10.0 Å². The van der Waals surface area contributed by atoms with Crippen molar-refractivity contribution in [1.29, 1.82) is 0 Å². The zero-order valence-corrected chi connectivity index (χ0v) is 12.3. The van der Waals surface area contributed by atoms with E-state index < -0.39 is 6.10 Å². The first-order chi connectivity index (χ1) is 9.61. The van der Waals surface area contributed by atoms with Gasteiger partial charge in [0.2, 0.25) is 0 Å². The van der Waals surface area contributed by atoms with Gasteiger partial charge in [-0.3, -0.25) is 0 Å². The van der Waals surface area contributed by atoms with E-state index in [1.165, 1.54) is 0 Å². The number of hydrogen-bond acceptors (Lipinski definition) is 2. The Bertz CT molecular complexity index is 537. The van der Waals surface area contributed by atoms with Crippen molar-refractivity contribution in [2.24, 2.45) is 0 Å². The summed E-state index contributed by atoms with van der Waals surface area (Å²) in [6, 6.07) is 14.4. The predicted molar refractivity (Wildman–Crippen MR) is 82.3 cm³/mol. The van der Waals surface area contributed by atoms with Crippen molar-refractivity contribution in [2.75, 3.05) is 6.61 Å². The minimum atomic E-state index is -0.694. The van der Waals surface area contributed by atoms with Crippen LogP contribution in [-0.2, 0) is 0 Å². The van der Waals surface area contributed by atoms with Crippen LogP contribution < -0.4 is 0 Å². The highest BCUT2D eigenvalue weighted by Crippen LogP contribution is 2.34. The van der Waals surface area contributed by atoms with Crippen molar-refractivity contribution >= 4 is 23.2 Å². The first kappa shape index (κ1) is 15.3. The normalized spacial score (nSPS) is 14.0. The molecule has 2 aromatic rings. The number of benzene rings is 2. The van der Waals surface area contributed by atoms with Crippen LogP contribution in [0.5, 0.6) is 0 Å². The van der Waals surface area contributed by atoms with Gasteiger partial charge in [-0.15, -0.1) is 0 Å². The van der Waals surface area contributed by atoms with Gasteiger partial charge in [-0.05, 0) is 41.8 Å². The maximum atomic E-state index is 10.5. The van der Waals surface area contributed by atoms with E-state index >= 15 is 0 Å². The minimum absolute atomic E-state index is 0.0118. The fourth-order valence-electron chi connectivity index (χ4n) is 2.25. The lowest BCUT2D eigenvalue weighted by Crippen LogP contribution is -2.12. The van der Waals surface area contributed by atoms with Crippen LogP contribution in [0.3, 0.4) is 0 Å². The van der Waals surface area contributed by atoms with Gasteiger partial charge in [0.05, 0.1) is 6.10 Å². The molecule has 0 aromatic heterocycles. The summed E-state index contributed by atoms with van der Waals surface area (Å²) in [5, 5.41) is 21.1. The van der Waals surface area contributed by atoms with Gasteiger partial charge in [-0.25, -0.2) is 0 Å². The highest BCUT2D eigenvalue weighted by Gasteiger charge is 2.22. The average Bonchev–Trinajstić information content (AvgIpc) is 2.46. The zero-order valence-electron chi connectivity index (χ0n) is 10.8. The summed E-state index contributed by atoms with van der Waals surface area (Å²) in [7, 11) is 0. The first-order valence-corrected chi connectivity index (χ1v) is 7.17. The molecule has 0 saturated carbocycles. The molecule has 2 unspecified atom stereocenters. The standard InChI is InChI=1S/C16H16Cl2O2/c17-13-5-1-11(2-6-13)15(9-10-19)16(20)12-3-7-14(18)8-4-12/h1-8,15-16,19-20H,9-10H2. The lowest BCUT2D eigenvalue weighted by Gasteiger charge is -2.23. The molecule has 2 nitrogen and oxygen atoms in total. The lowest BCUT2D eigenvalue weighted by atomic mass is 9.87. The van der Waals surface area contributed by atoms with Gasteiger partial charge >= 0.3 is 0 Å². The number of aliphatic hydroxyl groups excluding tert-OH is 2. The zero-order chi connectivity index (χ0) is 14.5. The van der Waals surface area contributed by atoms with Crippen LogP contribution in [0.25, 0.3) is 0 Å². The molecule has 0 radical (unpaired) electrons. The molecule has 0 saturated heterocycles. The molecule has 0 heterocycles. The van der Waals surface area contributed by atoms with E-state index in [1.807, 2.05) is 12.1 Å². The quantitative estimate of drug-likeness (QED) is 0.869. The van der Waals surface area contributed by atoms with Crippen LogP contribution >= 0.6 is 23.2 Å². The van der Waals surface area contributed by atoms with E-state index in [0.29, 0.717) is 16.5 Å². The second kappa shape index (κ2) is 7.09. The van der Waals surface area contributed by atoms with Crippen LogP contribution in [0.1, 0.15) is 29.6 Å². The fraction of sp³-hybridized carbons (Fsp3) is 0.250. The molecule has 0 fully saturated rings. The SMILES string of the molecule is OCCC(c1ccc(Cl)cc1)C(O)c1ccc(Cl)cc1. The molecule has 0 aliphatic heterocycles. The third-order valence-electron chi connectivity index (χ3n) is 3.33. The van der Waals surface area contributed by atoms with E-state index in [0.717, 1.165) is 11.1 Å². The molecule has 2 aromatic carbocycles. The Balaban J connectivity index is 2.27. The Morgan fingerprint density at radius 2 is 1.25 bits per heavy atom. The van der Waals surface area contributed by atoms with Gasteiger partial charge in [0, 0.05) is 22.6 Å². The van der Waals surface area contributed by atoms with Gasteiger partial charge in [-0.2, -0.15) is 0 Å². The third kappa shape index (κ3) is 3.74. The predicted octanol–water partition coefficient (Wildman–Crippen LogP) is 4.19. The molecule has 0 aliphatic rings. The molecule has 4 heteroatoms. The summed E-state index contributed by atoms with van der Waals surface area (Å²) in [5.74, 6) is -0.182. The van der Waals surface area contributed by atoms with E-state index in [9.17, 15) is 10.2 Å². The Kier molecular flexibility index (Phi) is 5.44. The van der Waals surface area contributed by atoms with E-state index in [4.69, 9.17) is 23.2 Å². The first-order valence-electron chi connectivity index (χ1n) is 6.41. The van der Waals surface area contributed by atoms with Crippen LogP contribution in [0.4, 0.5) is 0 Å². The molecule has 0 amide bonds. The van der Waals surface area contributed by atoms with Crippen LogP contribution in [0.15, 0.2) is 48.5 Å². The summed E-state index contributed by atoms with van der Waals surface area (Å²) in [6.07, 6.45) is -0.216. The third-order valence-corrected chi connectivity index (χ3v) is 3.83. The minimum Gasteiger partial charge on any atom is -0.396 e. The van der Waals surface area contributed by atoms with Gasteiger partial charge in [0.25, 0.3) is 0 Å². The molecule has 0 bridgehead atoms. The average molecular weight is 311 g/mol. The fourth-order valence-corrected chi connectivity index (χ4v) is 2.50. The molecular weight excluding hydrogens is 295 g/mol. The molecule has 0 spiro atoms. The molecule has 0 aliphatic carbocycles. The monoisotopic (exact) mass is 310 g/mol. The van der Waals surface area contributed by atoms with Crippen molar-refractivity contribution < 1.29 is 10.2 Å². The number of halogens is 2. The van der Waals surface area contributed by atoms with Crippen molar-refractivity contribution in [3.63, 3.8) is 0 Å². The molecule has 2 N–H and O–H groups in total. The topological polar surface area (TPSA) is 40.5 Å². The summed E-state index contributed by atoms with van der Waals surface area (Å²) >= 11 is 11.7. The van der Waals surface area contributed by atoms with Gasteiger partial charge in [-0.1, -0.05) is 47.5 Å². The lowest BCUT2D eigenvalue weighted by molar-refractivity contribution is 0.127. The smallest absolute Gasteiger partial charge is 0.0859 e. The Morgan fingerprint density at radius 3 is 1.70 bits per heavy atom. The van der Waals surface area contributed by atoms with Gasteiger partial charge < -0.3 is 10.2 Å². The summed E-state index contributed by atoms with van der Waals surface area (Å²) in [5.41, 5.74) is 1.73. The second-order valence-electron chi connectivity index (χ2n) is 4.67. The second-order valence-corrected chi connectivity index (χ2v) is 5.54. The van der Waals surface area contributed by atoms with Crippen molar-refractivity contribution in [3.05, 3.63) is 69.7 Å². The van der Waals surface area contributed by atoms with Crippen molar-refractivity contribution in [2.45, 2.75) is 18.4 Å². The summed E-state index contributed by atoms with van der Waals surface area (Å²) < 4.78 is 0. The largest absolute Gasteiger partial charge is 0.396 e. The maximum absolute atomic E-state index is 10.5. The molecule has 106 valence electrons. The summed E-state index contributed by atoms with van der Waals surface area (Å²) in [4.78, 5) is 0. The molecule has 2 atom stereocenters. The summed E-state index contributed by atoms with van der Waals surface area (Å²) in [6.45, 7) is 0.0118. The van der Waals surface area contributed by atoms with Gasteiger partial charge in [0.1, 0.15) is 0 Å². The molecule has 20 heavy (non-hydrogen) atoms. The maximum Gasteiger partial charge on any atom is 0.0859 e. The van der Waals surface area contributed by atoms with Crippen molar-refractivity contribution in [1.82, 2.24) is 0 Å². The van der Waals surface area contributed by atoms with Crippen molar-refractivity contribution in [3.8, 4) is 0 Å². The Hall–Kier alpha value is -1.06. The number of rotatable bonds is 5. The Morgan fingerprint density at radius 1 is 0.800 bits per heavy atom. The molecule has 2 rings (SSSR count). The number of aliphatic hydroxyl groups is 2.